The van der Waals surface area contributed by atoms with Crippen molar-refractivity contribution in [2.24, 2.45) is 0 Å². The molecular formula is C42H35N. The Morgan fingerprint density at radius 2 is 1.09 bits per heavy atom. The van der Waals surface area contributed by atoms with E-state index in [1.807, 2.05) is 0 Å². The van der Waals surface area contributed by atoms with Crippen molar-refractivity contribution < 1.29 is 0 Å². The van der Waals surface area contributed by atoms with Crippen LogP contribution < -0.4 is 4.90 Å². The molecule has 0 bridgehead atoms. The van der Waals surface area contributed by atoms with E-state index in [0.717, 1.165) is 17.8 Å². The van der Waals surface area contributed by atoms with Crippen molar-refractivity contribution in [2.45, 2.75) is 26.2 Å². The zero-order valence-corrected chi connectivity index (χ0v) is 24.6. The van der Waals surface area contributed by atoms with Gasteiger partial charge in [-0.2, -0.15) is 0 Å². The van der Waals surface area contributed by atoms with Gasteiger partial charge in [-0.25, -0.2) is 0 Å². The van der Waals surface area contributed by atoms with E-state index in [9.17, 15) is 0 Å². The highest BCUT2D eigenvalue weighted by Gasteiger charge is 2.20. The Morgan fingerprint density at radius 1 is 0.465 bits per heavy atom. The average molecular weight is 554 g/mol. The third-order valence-corrected chi connectivity index (χ3v) is 8.43. The van der Waals surface area contributed by atoms with Crippen molar-refractivity contribution in [1.82, 2.24) is 0 Å². The number of benzene rings is 7. The first-order valence-electron chi connectivity index (χ1n) is 15.3. The molecule has 0 aliphatic carbocycles. The average Bonchev–Trinajstić information content (AvgIpc) is 3.09. The van der Waals surface area contributed by atoms with Crippen LogP contribution in [-0.4, -0.2) is 0 Å². The number of unbranched alkanes of at least 4 members (excludes halogenated alkanes) is 1. The molecule has 0 N–H and O–H groups in total. The van der Waals surface area contributed by atoms with E-state index in [-0.39, 0.29) is 0 Å². The van der Waals surface area contributed by atoms with Crippen LogP contribution in [0.5, 0.6) is 0 Å². The molecule has 0 amide bonds. The number of rotatable bonds is 8. The molecule has 1 nitrogen and oxygen atoms in total. The Labute approximate surface area is 254 Å². The lowest BCUT2D eigenvalue weighted by Gasteiger charge is -2.30. The molecule has 43 heavy (non-hydrogen) atoms. The number of hydrogen-bond donors (Lipinski definition) is 0. The van der Waals surface area contributed by atoms with Crippen LogP contribution in [0.4, 0.5) is 17.1 Å². The molecule has 0 fully saturated rings. The van der Waals surface area contributed by atoms with Crippen LogP contribution in [-0.2, 0) is 6.42 Å². The van der Waals surface area contributed by atoms with Crippen LogP contribution in [0, 0.1) is 0 Å². The second kappa shape index (κ2) is 12.0. The zero-order chi connectivity index (χ0) is 29.0. The molecule has 1 heteroatoms. The Bertz CT molecular complexity index is 1990. The van der Waals surface area contributed by atoms with Gasteiger partial charge in [-0.05, 0) is 75.5 Å². The molecular weight excluding hydrogens is 518 g/mol. The normalized spacial score (nSPS) is 11.2. The van der Waals surface area contributed by atoms with Crippen LogP contribution >= 0.6 is 0 Å². The standard InChI is InChI=1S/C42H35N/c1-2-3-14-31-23-24-35-30-42(39-21-11-10-20-38(39)40(35)29-31)43(36-27-25-33(26-28-36)32-15-6-4-7-16-32)41-22-13-12-19-37(41)34-17-8-5-9-18-34/h4-13,15-30H,2-3,14H2,1H3. The SMILES string of the molecule is CCCCc1ccc2cc(N(c3ccc(-c4ccccc4)cc3)c3ccccc3-c3ccccc3)c3ccccc3c2c1. The van der Waals surface area contributed by atoms with Gasteiger partial charge in [0, 0.05) is 16.6 Å². The van der Waals surface area contributed by atoms with Gasteiger partial charge in [0.1, 0.15) is 0 Å². The minimum absolute atomic E-state index is 1.12. The summed E-state index contributed by atoms with van der Waals surface area (Å²) in [5.74, 6) is 0. The summed E-state index contributed by atoms with van der Waals surface area (Å²) in [4.78, 5) is 2.45. The van der Waals surface area contributed by atoms with Gasteiger partial charge in [0.15, 0.2) is 0 Å². The lowest BCUT2D eigenvalue weighted by atomic mass is 9.95. The minimum Gasteiger partial charge on any atom is -0.309 e. The largest absolute Gasteiger partial charge is 0.309 e. The first-order chi connectivity index (χ1) is 21.3. The Kier molecular flexibility index (Phi) is 7.46. The van der Waals surface area contributed by atoms with Crippen molar-refractivity contribution >= 4 is 38.6 Å². The quantitative estimate of drug-likeness (QED) is 0.169. The van der Waals surface area contributed by atoms with E-state index in [0.29, 0.717) is 0 Å². The van der Waals surface area contributed by atoms with Gasteiger partial charge in [-0.1, -0.05) is 147 Å². The maximum Gasteiger partial charge on any atom is 0.0546 e. The molecule has 0 unspecified atom stereocenters. The van der Waals surface area contributed by atoms with Crippen molar-refractivity contribution in [2.75, 3.05) is 4.90 Å². The summed E-state index contributed by atoms with van der Waals surface area (Å²) >= 11 is 0. The summed E-state index contributed by atoms with van der Waals surface area (Å²) in [6, 6.07) is 57.4. The summed E-state index contributed by atoms with van der Waals surface area (Å²) in [5.41, 5.74) is 9.72. The smallest absolute Gasteiger partial charge is 0.0546 e. The molecule has 0 aliphatic heterocycles. The fourth-order valence-electron chi connectivity index (χ4n) is 6.22. The number of fused-ring (bicyclic) bond motifs is 3. The predicted octanol–water partition coefficient (Wildman–Crippen LogP) is 12.1. The van der Waals surface area contributed by atoms with Crippen molar-refractivity contribution in [1.29, 1.82) is 0 Å². The molecule has 7 rings (SSSR count). The molecule has 0 saturated heterocycles. The summed E-state index contributed by atoms with van der Waals surface area (Å²) in [5, 5.41) is 5.12. The summed E-state index contributed by atoms with van der Waals surface area (Å²) in [6.45, 7) is 2.26. The van der Waals surface area contributed by atoms with Crippen LogP contribution in [0.2, 0.25) is 0 Å². The summed E-state index contributed by atoms with van der Waals surface area (Å²) in [7, 11) is 0. The maximum atomic E-state index is 2.45. The Morgan fingerprint density at radius 3 is 1.84 bits per heavy atom. The predicted molar refractivity (Wildman–Crippen MR) is 186 cm³/mol. The highest BCUT2D eigenvalue weighted by Crippen LogP contribution is 2.45. The first kappa shape index (κ1) is 26.7. The van der Waals surface area contributed by atoms with Crippen LogP contribution in [0.25, 0.3) is 43.8 Å². The Balaban J connectivity index is 1.47. The monoisotopic (exact) mass is 553 g/mol. The Hall–Kier alpha value is -5.14. The number of nitrogens with zero attached hydrogens (tertiary/aromatic N) is 1. The molecule has 0 saturated carbocycles. The first-order valence-corrected chi connectivity index (χ1v) is 15.3. The molecule has 0 aliphatic rings. The second-order valence-corrected chi connectivity index (χ2v) is 11.2. The van der Waals surface area contributed by atoms with Crippen molar-refractivity contribution in [3.8, 4) is 22.3 Å². The molecule has 7 aromatic carbocycles. The zero-order valence-electron chi connectivity index (χ0n) is 24.6. The molecule has 0 radical (unpaired) electrons. The molecule has 208 valence electrons. The van der Waals surface area contributed by atoms with Gasteiger partial charge in [-0.3, -0.25) is 0 Å². The van der Waals surface area contributed by atoms with Crippen molar-refractivity contribution in [3.05, 3.63) is 163 Å². The molecule has 0 atom stereocenters. The number of anilines is 3. The highest BCUT2D eigenvalue weighted by atomic mass is 15.1. The molecule has 0 spiro atoms. The molecule has 0 heterocycles. The van der Waals surface area contributed by atoms with E-state index in [4.69, 9.17) is 0 Å². The van der Waals surface area contributed by atoms with Gasteiger partial charge in [0.2, 0.25) is 0 Å². The summed E-state index contributed by atoms with van der Waals surface area (Å²) < 4.78 is 0. The highest BCUT2D eigenvalue weighted by molar-refractivity contribution is 6.15. The number of hydrogen-bond acceptors (Lipinski definition) is 1. The van der Waals surface area contributed by atoms with E-state index in [2.05, 4.69) is 170 Å². The van der Waals surface area contributed by atoms with Crippen LogP contribution in [0.3, 0.4) is 0 Å². The number of aryl methyl sites for hydroxylation is 1. The topological polar surface area (TPSA) is 3.24 Å². The maximum absolute atomic E-state index is 2.45. The van der Waals surface area contributed by atoms with E-state index >= 15 is 0 Å². The van der Waals surface area contributed by atoms with Gasteiger partial charge >= 0.3 is 0 Å². The molecule has 7 aromatic rings. The van der Waals surface area contributed by atoms with Gasteiger partial charge < -0.3 is 4.90 Å². The lowest BCUT2D eigenvalue weighted by Crippen LogP contribution is -2.12. The van der Waals surface area contributed by atoms with Crippen LogP contribution in [0.1, 0.15) is 25.3 Å². The lowest BCUT2D eigenvalue weighted by molar-refractivity contribution is 0.796. The van der Waals surface area contributed by atoms with Gasteiger partial charge in [0.25, 0.3) is 0 Å². The number of para-hydroxylation sites is 1. The van der Waals surface area contributed by atoms with Crippen molar-refractivity contribution in [3.63, 3.8) is 0 Å². The van der Waals surface area contributed by atoms with E-state index < -0.39 is 0 Å². The molecule has 0 aromatic heterocycles. The second-order valence-electron chi connectivity index (χ2n) is 11.2. The third-order valence-electron chi connectivity index (χ3n) is 8.43. The fourth-order valence-corrected chi connectivity index (χ4v) is 6.22. The van der Waals surface area contributed by atoms with Gasteiger partial charge in [-0.15, -0.1) is 0 Å². The van der Waals surface area contributed by atoms with E-state index in [1.165, 1.54) is 67.9 Å². The summed E-state index contributed by atoms with van der Waals surface area (Å²) in [6.07, 6.45) is 3.54. The fraction of sp³-hybridized carbons (Fsp3) is 0.0952. The van der Waals surface area contributed by atoms with Crippen LogP contribution in [0.15, 0.2) is 158 Å². The third kappa shape index (κ3) is 5.31. The minimum atomic E-state index is 1.12. The van der Waals surface area contributed by atoms with E-state index in [1.54, 1.807) is 0 Å². The van der Waals surface area contributed by atoms with Gasteiger partial charge in [0.05, 0.1) is 11.4 Å².